The van der Waals surface area contributed by atoms with Gasteiger partial charge < -0.3 is 10.5 Å². The summed E-state index contributed by atoms with van der Waals surface area (Å²) in [4.78, 5) is 11.5. The zero-order valence-electron chi connectivity index (χ0n) is 10.1. The van der Waals surface area contributed by atoms with Crippen molar-refractivity contribution in [3.05, 3.63) is 59.9 Å². The lowest BCUT2D eigenvalue weighted by molar-refractivity contribution is 0.155. The molecule has 0 bridgehead atoms. The predicted molar refractivity (Wildman–Crippen MR) is 71.1 cm³/mol. The van der Waals surface area contributed by atoms with Crippen molar-refractivity contribution in [3.8, 4) is 0 Å². The van der Waals surface area contributed by atoms with Gasteiger partial charge in [-0.1, -0.05) is 30.3 Å². The lowest BCUT2D eigenvalue weighted by Gasteiger charge is -2.07. The lowest BCUT2D eigenvalue weighted by atomic mass is 10.2. The van der Waals surface area contributed by atoms with E-state index in [2.05, 4.69) is 5.32 Å². The summed E-state index contributed by atoms with van der Waals surface area (Å²) in [5.74, 6) is -0.525. The van der Waals surface area contributed by atoms with E-state index < -0.39 is 11.9 Å². The van der Waals surface area contributed by atoms with Gasteiger partial charge in [-0.3, -0.25) is 5.32 Å². The monoisotopic (exact) mass is 260 g/mol. The van der Waals surface area contributed by atoms with Gasteiger partial charge in [0.1, 0.15) is 12.4 Å². The number of nitrogens with two attached hydrogens (primary N) is 1. The lowest BCUT2D eigenvalue weighted by Crippen LogP contribution is -2.13. The number of hydrogen-bond acceptors (Lipinski definition) is 3. The number of halogens is 1. The van der Waals surface area contributed by atoms with Gasteiger partial charge in [-0.2, -0.15) is 0 Å². The summed E-state index contributed by atoms with van der Waals surface area (Å²) in [7, 11) is 0. The zero-order chi connectivity index (χ0) is 13.7. The topological polar surface area (TPSA) is 64.3 Å². The Labute approximate surface area is 110 Å². The molecule has 0 unspecified atom stereocenters. The number of carbonyl (C=O) groups is 1. The van der Waals surface area contributed by atoms with E-state index in [1.807, 2.05) is 30.3 Å². The van der Waals surface area contributed by atoms with Crippen LogP contribution in [-0.4, -0.2) is 6.09 Å². The molecule has 0 spiro atoms. The first-order valence-electron chi connectivity index (χ1n) is 5.68. The molecule has 98 valence electrons. The highest BCUT2D eigenvalue weighted by atomic mass is 19.1. The Morgan fingerprint density at radius 1 is 1.21 bits per heavy atom. The number of anilines is 2. The first-order valence-corrected chi connectivity index (χ1v) is 5.68. The highest BCUT2D eigenvalue weighted by Crippen LogP contribution is 2.16. The van der Waals surface area contributed by atoms with Gasteiger partial charge in [0.05, 0.1) is 5.69 Å². The number of rotatable bonds is 3. The average molecular weight is 260 g/mol. The molecule has 0 heterocycles. The highest BCUT2D eigenvalue weighted by Gasteiger charge is 2.05. The molecule has 0 radical (unpaired) electrons. The second kappa shape index (κ2) is 5.86. The summed E-state index contributed by atoms with van der Waals surface area (Å²) < 4.78 is 18.0. The van der Waals surface area contributed by atoms with Gasteiger partial charge in [0.25, 0.3) is 0 Å². The molecule has 0 aliphatic heterocycles. The van der Waals surface area contributed by atoms with Crippen LogP contribution in [-0.2, 0) is 11.3 Å². The second-order valence-electron chi connectivity index (χ2n) is 3.92. The zero-order valence-corrected chi connectivity index (χ0v) is 10.1. The Balaban J connectivity index is 1.89. The third-order valence-corrected chi connectivity index (χ3v) is 2.46. The fourth-order valence-corrected chi connectivity index (χ4v) is 1.50. The molecule has 2 aromatic rings. The Hall–Kier alpha value is -2.56. The van der Waals surface area contributed by atoms with Gasteiger partial charge in [0, 0.05) is 5.69 Å². The summed E-state index contributed by atoms with van der Waals surface area (Å²) in [6.45, 7) is 0.170. The standard InChI is InChI=1S/C14H13FN2O2/c15-12-7-6-11(8-13(12)16)17-14(18)19-9-10-4-2-1-3-5-10/h1-8H,9,16H2,(H,17,18). The summed E-state index contributed by atoms with van der Waals surface area (Å²) in [5.41, 5.74) is 6.64. The van der Waals surface area contributed by atoms with Crippen molar-refractivity contribution in [2.45, 2.75) is 6.61 Å². The molecular weight excluding hydrogens is 247 g/mol. The fourth-order valence-electron chi connectivity index (χ4n) is 1.50. The van der Waals surface area contributed by atoms with Crippen LogP contribution in [0.2, 0.25) is 0 Å². The fraction of sp³-hybridized carbons (Fsp3) is 0.0714. The van der Waals surface area contributed by atoms with E-state index in [1.54, 1.807) is 0 Å². The van der Waals surface area contributed by atoms with Crippen LogP contribution in [0.25, 0.3) is 0 Å². The molecule has 2 rings (SSSR count). The molecule has 19 heavy (non-hydrogen) atoms. The van der Waals surface area contributed by atoms with E-state index in [0.29, 0.717) is 5.69 Å². The number of hydrogen-bond donors (Lipinski definition) is 2. The quantitative estimate of drug-likeness (QED) is 0.833. The van der Waals surface area contributed by atoms with Crippen molar-refractivity contribution in [1.82, 2.24) is 0 Å². The molecule has 2 aromatic carbocycles. The molecule has 0 aliphatic carbocycles. The predicted octanol–water partition coefficient (Wildman–Crippen LogP) is 3.16. The first-order chi connectivity index (χ1) is 9.15. The average Bonchev–Trinajstić information content (AvgIpc) is 2.42. The molecule has 1 amide bonds. The maximum Gasteiger partial charge on any atom is 0.411 e. The molecule has 0 aliphatic rings. The maximum absolute atomic E-state index is 12.9. The van der Waals surface area contributed by atoms with Gasteiger partial charge in [-0.05, 0) is 23.8 Å². The van der Waals surface area contributed by atoms with Crippen LogP contribution in [0.5, 0.6) is 0 Å². The second-order valence-corrected chi connectivity index (χ2v) is 3.92. The van der Waals surface area contributed by atoms with Crippen LogP contribution in [0.4, 0.5) is 20.6 Å². The van der Waals surface area contributed by atoms with Crippen molar-refractivity contribution in [2.24, 2.45) is 0 Å². The van der Waals surface area contributed by atoms with Crippen LogP contribution in [0.15, 0.2) is 48.5 Å². The first kappa shape index (κ1) is 12.9. The molecule has 0 saturated heterocycles. The number of nitrogens with one attached hydrogen (secondary N) is 1. The smallest absolute Gasteiger partial charge is 0.411 e. The summed E-state index contributed by atoms with van der Waals surface area (Å²) in [6, 6.07) is 13.2. The molecule has 4 nitrogen and oxygen atoms in total. The van der Waals surface area contributed by atoms with Crippen molar-refractivity contribution in [3.63, 3.8) is 0 Å². The number of benzene rings is 2. The highest BCUT2D eigenvalue weighted by molar-refractivity contribution is 5.85. The minimum absolute atomic E-state index is 0.0270. The van der Waals surface area contributed by atoms with Crippen molar-refractivity contribution >= 4 is 17.5 Å². The van der Waals surface area contributed by atoms with E-state index in [1.165, 1.54) is 18.2 Å². The SMILES string of the molecule is Nc1cc(NC(=O)OCc2ccccc2)ccc1F. The number of ether oxygens (including phenoxy) is 1. The molecule has 3 N–H and O–H groups in total. The summed E-state index contributed by atoms with van der Waals surface area (Å²) in [5, 5.41) is 2.47. The van der Waals surface area contributed by atoms with Crippen molar-refractivity contribution in [1.29, 1.82) is 0 Å². The maximum atomic E-state index is 12.9. The number of amides is 1. The van der Waals surface area contributed by atoms with Crippen LogP contribution in [0.3, 0.4) is 0 Å². The molecule has 0 fully saturated rings. The number of nitrogen functional groups attached to an aromatic ring is 1. The molecule has 5 heteroatoms. The molecule has 0 saturated carbocycles. The number of carbonyl (C=O) groups excluding carboxylic acids is 1. The van der Waals surface area contributed by atoms with E-state index in [-0.39, 0.29) is 12.3 Å². The van der Waals surface area contributed by atoms with E-state index in [0.717, 1.165) is 5.56 Å². The minimum atomic E-state index is -0.616. The summed E-state index contributed by atoms with van der Waals surface area (Å²) >= 11 is 0. The van der Waals surface area contributed by atoms with Gasteiger partial charge in [-0.25, -0.2) is 9.18 Å². The van der Waals surface area contributed by atoms with Crippen LogP contribution < -0.4 is 11.1 Å². The van der Waals surface area contributed by atoms with Gasteiger partial charge in [0.15, 0.2) is 0 Å². The van der Waals surface area contributed by atoms with Crippen molar-refractivity contribution < 1.29 is 13.9 Å². The van der Waals surface area contributed by atoms with E-state index in [9.17, 15) is 9.18 Å². The van der Waals surface area contributed by atoms with Crippen LogP contribution in [0.1, 0.15) is 5.56 Å². The normalized spacial score (nSPS) is 9.95. The van der Waals surface area contributed by atoms with Crippen LogP contribution in [0, 0.1) is 5.82 Å². The third-order valence-electron chi connectivity index (χ3n) is 2.46. The van der Waals surface area contributed by atoms with Gasteiger partial charge in [-0.15, -0.1) is 0 Å². The molecule has 0 aromatic heterocycles. The Bertz CT molecular complexity index is 573. The Kier molecular flexibility index (Phi) is 3.97. The summed E-state index contributed by atoms with van der Waals surface area (Å²) in [6.07, 6.45) is -0.616. The Morgan fingerprint density at radius 2 is 1.95 bits per heavy atom. The minimum Gasteiger partial charge on any atom is -0.444 e. The third kappa shape index (κ3) is 3.70. The van der Waals surface area contributed by atoms with E-state index in [4.69, 9.17) is 10.5 Å². The van der Waals surface area contributed by atoms with Crippen molar-refractivity contribution in [2.75, 3.05) is 11.1 Å². The molecular formula is C14H13FN2O2. The van der Waals surface area contributed by atoms with Crippen LogP contribution >= 0.6 is 0 Å². The van der Waals surface area contributed by atoms with Gasteiger partial charge >= 0.3 is 6.09 Å². The Morgan fingerprint density at radius 3 is 2.63 bits per heavy atom. The largest absolute Gasteiger partial charge is 0.444 e. The molecule has 0 atom stereocenters. The van der Waals surface area contributed by atoms with E-state index >= 15 is 0 Å². The van der Waals surface area contributed by atoms with Gasteiger partial charge in [0.2, 0.25) is 0 Å².